The van der Waals surface area contributed by atoms with Crippen LogP contribution in [-0.2, 0) is 24.0 Å². The largest absolute Gasteiger partial charge is 0.424 e. The van der Waals surface area contributed by atoms with Crippen molar-refractivity contribution in [2.75, 3.05) is 6.16 Å². The first-order valence-corrected chi connectivity index (χ1v) is 5.47. The van der Waals surface area contributed by atoms with Crippen LogP contribution < -0.4 is 4.52 Å². The van der Waals surface area contributed by atoms with Crippen LogP contribution >= 0.6 is 7.60 Å². The van der Waals surface area contributed by atoms with E-state index in [1.165, 1.54) is 0 Å². The summed E-state index contributed by atoms with van der Waals surface area (Å²) in [5.41, 5.74) is 0. The van der Waals surface area contributed by atoms with Crippen LogP contribution in [0.3, 0.4) is 0 Å². The summed E-state index contributed by atoms with van der Waals surface area (Å²) in [5, 5.41) is 0. The monoisotopic (exact) mass is 250 g/mol. The Labute approximate surface area is 90.4 Å². The van der Waals surface area contributed by atoms with Crippen molar-refractivity contribution in [3.63, 3.8) is 0 Å². The van der Waals surface area contributed by atoms with Crippen molar-refractivity contribution in [3.8, 4) is 5.75 Å². The van der Waals surface area contributed by atoms with Gasteiger partial charge in [0.25, 0.3) is 0 Å². The molecule has 0 radical (unpaired) electrons. The van der Waals surface area contributed by atoms with Crippen LogP contribution in [0.2, 0.25) is 0 Å². The molecule has 13 heavy (non-hydrogen) atoms. The zero-order chi connectivity index (χ0) is 9.03. The van der Waals surface area contributed by atoms with Crippen LogP contribution in [0.5, 0.6) is 5.75 Å². The molecule has 0 heterocycles. The summed E-state index contributed by atoms with van der Waals surface area (Å²) in [5.74, 6) is 0.435. The first-order chi connectivity index (χ1) is 5.64. The van der Waals surface area contributed by atoms with Gasteiger partial charge in [0.1, 0.15) is 5.75 Å². The zero-order valence-electron chi connectivity index (χ0n) is 7.51. The molecule has 1 atom stereocenters. The Morgan fingerprint density at radius 2 is 1.92 bits per heavy atom. The molecule has 1 unspecified atom stereocenters. The van der Waals surface area contributed by atoms with Gasteiger partial charge in [-0.3, -0.25) is 0 Å². The molecule has 3 nitrogen and oxygen atoms in total. The molecule has 5 heteroatoms. The molecule has 0 aliphatic rings. The quantitative estimate of drug-likeness (QED) is 0.662. The van der Waals surface area contributed by atoms with E-state index in [0.717, 1.165) is 0 Å². The summed E-state index contributed by atoms with van der Waals surface area (Å²) >= 11 is 0. The first kappa shape index (κ1) is 12.8. The Morgan fingerprint density at radius 1 is 1.38 bits per heavy atom. The molecule has 0 aliphatic carbocycles. The van der Waals surface area contributed by atoms with E-state index >= 15 is 0 Å². The van der Waals surface area contributed by atoms with Gasteiger partial charge in [0.05, 0.1) is 6.16 Å². The molecule has 0 amide bonds. The van der Waals surface area contributed by atoms with Crippen molar-refractivity contribution in [1.29, 1.82) is 0 Å². The Morgan fingerprint density at radius 3 is 2.38 bits per heavy atom. The van der Waals surface area contributed by atoms with Gasteiger partial charge in [0.2, 0.25) is 0 Å². The fourth-order valence-corrected chi connectivity index (χ4v) is 1.29. The molecule has 0 fully saturated rings. The fourth-order valence-electron chi connectivity index (χ4n) is 0.711. The number of hydrogen-bond acceptors (Lipinski definition) is 2. The van der Waals surface area contributed by atoms with Gasteiger partial charge in [0.15, 0.2) is 0 Å². The van der Waals surface area contributed by atoms with Gasteiger partial charge >= 0.3 is 7.60 Å². The molecule has 0 aliphatic heterocycles. The van der Waals surface area contributed by atoms with Gasteiger partial charge in [-0.2, -0.15) is 0 Å². The summed E-state index contributed by atoms with van der Waals surface area (Å²) in [6.45, 7) is 1.61. The van der Waals surface area contributed by atoms with Gasteiger partial charge in [0, 0.05) is 19.5 Å². The summed E-state index contributed by atoms with van der Waals surface area (Å²) in [7, 11) is -3.40. The summed E-state index contributed by atoms with van der Waals surface area (Å²) < 4.78 is 15.9. The van der Waals surface area contributed by atoms with E-state index in [2.05, 4.69) is 0 Å². The first-order valence-electron chi connectivity index (χ1n) is 3.70. The molecular formula is C8H11O3PZn. The molecule has 1 rings (SSSR count). The van der Waals surface area contributed by atoms with Crippen LogP contribution in [0.4, 0.5) is 0 Å². The van der Waals surface area contributed by atoms with E-state index in [0.29, 0.717) is 5.75 Å². The second-order valence-electron chi connectivity index (χ2n) is 2.36. The van der Waals surface area contributed by atoms with Crippen LogP contribution in [0, 0.1) is 0 Å². The minimum atomic E-state index is -3.40. The van der Waals surface area contributed by atoms with Crippen LogP contribution in [0.15, 0.2) is 30.3 Å². The molecule has 0 aromatic heterocycles. The fraction of sp³-hybridized carbons (Fsp3) is 0.250. The van der Waals surface area contributed by atoms with Gasteiger partial charge in [-0.05, 0) is 12.1 Å². The maximum Gasteiger partial charge on any atom is 0.376 e. The van der Waals surface area contributed by atoms with Crippen LogP contribution in [0.25, 0.3) is 0 Å². The summed E-state index contributed by atoms with van der Waals surface area (Å²) in [6.07, 6.45) is 0.127. The molecule has 0 saturated heterocycles. The normalized spacial score (nSPS) is 14.0. The van der Waals surface area contributed by atoms with Gasteiger partial charge in [-0.25, -0.2) is 4.57 Å². The molecule has 1 N–H and O–H groups in total. The molecule has 0 bridgehead atoms. The van der Waals surface area contributed by atoms with Crippen molar-refractivity contribution < 1.29 is 33.5 Å². The predicted molar refractivity (Wildman–Crippen MR) is 47.4 cm³/mol. The topological polar surface area (TPSA) is 46.5 Å². The number of benzene rings is 1. The van der Waals surface area contributed by atoms with Crippen molar-refractivity contribution >= 4 is 7.60 Å². The average Bonchev–Trinajstić information content (AvgIpc) is 2.06. The second kappa shape index (κ2) is 5.54. The Hall–Kier alpha value is -0.167. The van der Waals surface area contributed by atoms with E-state index in [9.17, 15) is 4.57 Å². The molecule has 1 aromatic carbocycles. The summed E-state index contributed by atoms with van der Waals surface area (Å²) in [6, 6.07) is 8.63. The minimum Gasteiger partial charge on any atom is -0.424 e. The third-order valence-corrected chi connectivity index (χ3v) is 2.69. The van der Waals surface area contributed by atoms with Crippen molar-refractivity contribution in [3.05, 3.63) is 30.3 Å². The third kappa shape index (κ3) is 4.56. The maximum absolute atomic E-state index is 11.1. The number of hydrogen-bond donors (Lipinski definition) is 1. The van der Waals surface area contributed by atoms with Gasteiger partial charge in [-0.15, -0.1) is 0 Å². The van der Waals surface area contributed by atoms with Gasteiger partial charge < -0.3 is 9.42 Å². The predicted octanol–water partition coefficient (Wildman–Crippen LogP) is 2.27. The Bertz CT molecular complexity index is 289. The van der Waals surface area contributed by atoms with E-state index < -0.39 is 7.60 Å². The average molecular weight is 252 g/mol. The zero-order valence-corrected chi connectivity index (χ0v) is 11.4. The standard InChI is InChI=1S/C8H11O3P.Zn/c1-2-12(9,10)11-8-6-4-3-5-7-8;/h3-7H,2H2,1H3,(H,9,10);. The summed E-state index contributed by atoms with van der Waals surface area (Å²) in [4.78, 5) is 9.11. The number of rotatable bonds is 3. The molecule has 68 valence electrons. The Kier molecular flexibility index (Phi) is 5.47. The molecule has 1 aromatic rings. The SMILES string of the molecule is CCP(=O)(O)Oc1ccccc1.[Zn]. The minimum absolute atomic E-state index is 0. The van der Waals surface area contributed by atoms with E-state index in [4.69, 9.17) is 9.42 Å². The van der Waals surface area contributed by atoms with Crippen LogP contribution in [0.1, 0.15) is 6.92 Å². The van der Waals surface area contributed by atoms with E-state index in [1.54, 1.807) is 31.2 Å². The van der Waals surface area contributed by atoms with Crippen molar-refractivity contribution in [1.82, 2.24) is 0 Å². The maximum atomic E-state index is 11.1. The molecule has 0 spiro atoms. The van der Waals surface area contributed by atoms with E-state index in [1.807, 2.05) is 6.07 Å². The van der Waals surface area contributed by atoms with E-state index in [-0.39, 0.29) is 25.6 Å². The van der Waals surface area contributed by atoms with Crippen LogP contribution in [-0.4, -0.2) is 11.1 Å². The number of para-hydroxylation sites is 1. The van der Waals surface area contributed by atoms with Crippen molar-refractivity contribution in [2.24, 2.45) is 0 Å². The van der Waals surface area contributed by atoms with Gasteiger partial charge in [-0.1, -0.05) is 25.1 Å². The second-order valence-corrected chi connectivity index (χ2v) is 4.45. The molecular weight excluding hydrogens is 240 g/mol. The molecule has 0 saturated carbocycles. The van der Waals surface area contributed by atoms with Crippen molar-refractivity contribution in [2.45, 2.75) is 6.92 Å². The third-order valence-electron chi connectivity index (χ3n) is 1.39. The Balaban J connectivity index is 0.00000144. The smallest absolute Gasteiger partial charge is 0.376 e.